The Bertz CT molecular complexity index is 3520. The van der Waals surface area contributed by atoms with Crippen LogP contribution in [0.15, 0.2) is 249 Å². The van der Waals surface area contributed by atoms with Crippen LogP contribution in [-0.4, -0.2) is 0 Å². The third-order valence-electron chi connectivity index (χ3n) is 13.9. The average molecular weight is 812 g/mol. The quantitative estimate of drug-likeness (QED) is 0.151. The first-order valence-electron chi connectivity index (χ1n) is 22.3. The fourth-order valence-electron chi connectivity index (χ4n) is 11.2. The zero-order chi connectivity index (χ0) is 42.2. The lowest BCUT2D eigenvalue weighted by Gasteiger charge is -2.33. The zero-order valence-electron chi connectivity index (χ0n) is 35.1. The van der Waals surface area contributed by atoms with Crippen LogP contribution in [0.25, 0.3) is 77.2 Å². The van der Waals surface area contributed by atoms with Crippen LogP contribution in [0.2, 0.25) is 0 Å². The molecule has 0 saturated heterocycles. The normalized spacial score (nSPS) is 12.8. The second kappa shape index (κ2) is 14.4. The molecular weight excluding hydrogens is 771 g/mol. The van der Waals surface area contributed by atoms with E-state index in [1.54, 1.807) is 0 Å². The lowest BCUT2D eigenvalue weighted by molar-refractivity contribution is 0.793. The van der Waals surface area contributed by atoms with Crippen molar-refractivity contribution in [2.45, 2.75) is 5.41 Å². The van der Waals surface area contributed by atoms with E-state index in [1.807, 2.05) is 0 Å². The van der Waals surface area contributed by atoms with Gasteiger partial charge in [0.15, 0.2) is 0 Å². The Morgan fingerprint density at radius 2 is 0.625 bits per heavy atom. The summed E-state index contributed by atoms with van der Waals surface area (Å²) in [6.07, 6.45) is 0. The molecule has 0 aromatic heterocycles. The third kappa shape index (κ3) is 5.31. The number of nitrogens with zero attached hydrogens (tertiary/aromatic N) is 1. The van der Waals surface area contributed by atoms with Gasteiger partial charge in [0.1, 0.15) is 0 Å². The summed E-state index contributed by atoms with van der Waals surface area (Å²) in [7, 11) is 0. The van der Waals surface area contributed by atoms with Crippen LogP contribution in [0.5, 0.6) is 0 Å². The van der Waals surface area contributed by atoms with E-state index in [0.29, 0.717) is 0 Å². The van der Waals surface area contributed by atoms with Crippen LogP contribution in [0, 0.1) is 0 Å². The molecule has 2 aliphatic carbocycles. The van der Waals surface area contributed by atoms with Gasteiger partial charge in [0, 0.05) is 22.3 Å². The molecule has 0 radical (unpaired) electrons. The highest BCUT2D eigenvalue weighted by atomic mass is 15.1. The molecule has 298 valence electrons. The summed E-state index contributed by atoms with van der Waals surface area (Å²) in [5, 5.41) is 4.89. The van der Waals surface area contributed by atoms with Gasteiger partial charge in [-0.3, -0.25) is 0 Å². The van der Waals surface area contributed by atoms with Gasteiger partial charge >= 0.3 is 0 Å². The number of rotatable bonds is 6. The summed E-state index contributed by atoms with van der Waals surface area (Å²) in [5.74, 6) is 0. The molecule has 1 spiro atoms. The fraction of sp³-hybridized carbons (Fsp3) is 0.0159. The summed E-state index contributed by atoms with van der Waals surface area (Å²) in [6.45, 7) is 0. The van der Waals surface area contributed by atoms with E-state index in [9.17, 15) is 0 Å². The third-order valence-corrected chi connectivity index (χ3v) is 13.9. The smallest absolute Gasteiger partial charge is 0.0726 e. The Labute approximate surface area is 373 Å². The van der Waals surface area contributed by atoms with Crippen molar-refractivity contribution in [3.8, 4) is 55.6 Å². The van der Waals surface area contributed by atoms with Gasteiger partial charge in [-0.05, 0) is 113 Å². The Morgan fingerprint density at radius 1 is 0.250 bits per heavy atom. The van der Waals surface area contributed by atoms with Gasteiger partial charge in [-0.2, -0.15) is 0 Å². The Hall–Kier alpha value is -8.26. The maximum Gasteiger partial charge on any atom is 0.0726 e. The lowest BCUT2D eigenvalue weighted by Crippen LogP contribution is -2.26. The van der Waals surface area contributed by atoms with Crippen molar-refractivity contribution >= 4 is 38.6 Å². The number of hydrogen-bond donors (Lipinski definition) is 0. The molecule has 64 heavy (non-hydrogen) atoms. The number of hydrogen-bond acceptors (Lipinski definition) is 1. The molecule has 0 atom stereocenters. The van der Waals surface area contributed by atoms with Gasteiger partial charge in [-0.1, -0.05) is 224 Å². The lowest BCUT2D eigenvalue weighted by atomic mass is 9.70. The largest absolute Gasteiger partial charge is 0.309 e. The van der Waals surface area contributed by atoms with E-state index in [0.717, 1.165) is 17.1 Å². The van der Waals surface area contributed by atoms with Gasteiger partial charge in [0.2, 0.25) is 0 Å². The molecular formula is C63H41N. The molecule has 1 nitrogen and oxygen atoms in total. The van der Waals surface area contributed by atoms with Crippen molar-refractivity contribution in [3.05, 3.63) is 271 Å². The molecule has 2 aliphatic rings. The van der Waals surface area contributed by atoms with E-state index in [-0.39, 0.29) is 0 Å². The molecule has 11 aromatic carbocycles. The fourth-order valence-corrected chi connectivity index (χ4v) is 11.2. The second-order valence-electron chi connectivity index (χ2n) is 17.1. The molecule has 0 heterocycles. The second-order valence-corrected chi connectivity index (χ2v) is 17.1. The first-order valence-corrected chi connectivity index (χ1v) is 22.3. The van der Waals surface area contributed by atoms with Crippen LogP contribution in [0.3, 0.4) is 0 Å². The van der Waals surface area contributed by atoms with Gasteiger partial charge in [0.05, 0.1) is 11.1 Å². The van der Waals surface area contributed by atoms with E-state index >= 15 is 0 Å². The summed E-state index contributed by atoms with van der Waals surface area (Å²) in [4.78, 5) is 2.55. The Balaban J connectivity index is 1.12. The van der Waals surface area contributed by atoms with Crippen molar-refractivity contribution in [1.82, 2.24) is 0 Å². The minimum atomic E-state index is -0.473. The molecule has 0 saturated carbocycles. The van der Waals surface area contributed by atoms with Gasteiger partial charge < -0.3 is 4.90 Å². The van der Waals surface area contributed by atoms with E-state index in [2.05, 4.69) is 254 Å². The van der Waals surface area contributed by atoms with Crippen LogP contribution in [-0.2, 0) is 5.41 Å². The minimum Gasteiger partial charge on any atom is -0.309 e. The van der Waals surface area contributed by atoms with Gasteiger partial charge in [0.25, 0.3) is 0 Å². The highest BCUT2D eigenvalue weighted by Gasteiger charge is 2.51. The van der Waals surface area contributed by atoms with E-state index in [4.69, 9.17) is 0 Å². The van der Waals surface area contributed by atoms with Crippen LogP contribution >= 0.6 is 0 Å². The minimum absolute atomic E-state index is 0.473. The molecule has 0 N–H and O–H groups in total. The van der Waals surface area contributed by atoms with Crippen molar-refractivity contribution in [3.63, 3.8) is 0 Å². The first kappa shape index (κ1) is 36.4. The first-order chi connectivity index (χ1) is 31.8. The van der Waals surface area contributed by atoms with E-state index in [1.165, 1.54) is 99.4 Å². The Morgan fingerprint density at radius 3 is 1.17 bits per heavy atom. The van der Waals surface area contributed by atoms with Crippen LogP contribution in [0.4, 0.5) is 17.1 Å². The maximum atomic E-state index is 2.55. The molecule has 1 heteroatoms. The van der Waals surface area contributed by atoms with E-state index < -0.39 is 5.41 Å². The molecule has 11 aromatic rings. The molecule has 0 bridgehead atoms. The molecule has 13 rings (SSSR count). The Kier molecular flexibility index (Phi) is 8.20. The van der Waals surface area contributed by atoms with Gasteiger partial charge in [-0.15, -0.1) is 0 Å². The highest BCUT2D eigenvalue weighted by molar-refractivity contribution is 6.22. The summed E-state index contributed by atoms with van der Waals surface area (Å²) in [5.41, 5.74) is 20.6. The van der Waals surface area contributed by atoms with Crippen molar-refractivity contribution in [1.29, 1.82) is 0 Å². The predicted octanol–water partition coefficient (Wildman–Crippen LogP) is 16.8. The summed E-state index contributed by atoms with van der Waals surface area (Å²) >= 11 is 0. The van der Waals surface area contributed by atoms with Crippen molar-refractivity contribution in [2.24, 2.45) is 0 Å². The number of benzene rings is 11. The zero-order valence-corrected chi connectivity index (χ0v) is 35.1. The summed E-state index contributed by atoms with van der Waals surface area (Å²) in [6, 6.07) is 92.2. The van der Waals surface area contributed by atoms with Crippen LogP contribution in [0.1, 0.15) is 22.3 Å². The maximum absolute atomic E-state index is 2.55. The summed E-state index contributed by atoms with van der Waals surface area (Å²) < 4.78 is 0. The van der Waals surface area contributed by atoms with Gasteiger partial charge in [-0.25, -0.2) is 0 Å². The molecule has 0 aliphatic heterocycles. The highest BCUT2D eigenvalue weighted by Crippen LogP contribution is 2.63. The molecule has 0 unspecified atom stereocenters. The molecule has 0 fully saturated rings. The number of fused-ring (bicyclic) bond motifs is 13. The molecule has 0 amide bonds. The number of anilines is 3. The predicted molar refractivity (Wildman–Crippen MR) is 269 cm³/mol. The average Bonchev–Trinajstić information content (AvgIpc) is 3.84. The SMILES string of the molecule is c1ccc(-c2ccc(-c3c(N(c4ccc(-c5ccccc5)cc4)c4ccc5c(c4)C4(c6ccccc6-c6ccccc64)c4ccccc4-5)c4ccccc4c4ccccc34)cc2)cc1. The van der Waals surface area contributed by atoms with Crippen molar-refractivity contribution in [2.75, 3.05) is 4.90 Å². The topological polar surface area (TPSA) is 3.24 Å². The standard InChI is InChI=1S/C63H41N/c1-3-17-42(18-4-1)44-31-33-46(34-32-44)61-55-26-9-7-21-49(55)50-22-8-10-27-56(50)62(61)64(47-37-35-45(36-38-47)43-19-5-2-6-20-43)48-39-40-54-53-25-13-16-30-59(53)63(60(54)41-48)57-28-14-11-23-51(57)52-24-12-15-29-58(52)63/h1-41H. The monoisotopic (exact) mass is 811 g/mol. The van der Waals surface area contributed by atoms with Crippen molar-refractivity contribution < 1.29 is 0 Å². The van der Waals surface area contributed by atoms with Crippen LogP contribution < -0.4 is 4.90 Å².